The highest BCUT2D eigenvalue weighted by molar-refractivity contribution is 6.03. The third-order valence-corrected chi connectivity index (χ3v) is 7.57. The number of hydrogen-bond donors (Lipinski definition) is 0. The van der Waals surface area contributed by atoms with E-state index < -0.39 is 0 Å². The van der Waals surface area contributed by atoms with E-state index in [1.165, 1.54) is 53.5 Å². The molecule has 0 N–H and O–H groups in total. The van der Waals surface area contributed by atoms with Crippen molar-refractivity contribution in [1.29, 1.82) is 0 Å². The number of anilines is 1. The van der Waals surface area contributed by atoms with Crippen LogP contribution in [0.5, 0.6) is 0 Å². The molecule has 3 nitrogen and oxygen atoms in total. The molecule has 0 spiro atoms. The molecule has 2 aliphatic rings. The maximum Gasteiger partial charge on any atom is 0.163 e. The van der Waals surface area contributed by atoms with E-state index in [0.29, 0.717) is 18.1 Å². The molecular weight excluding hydrogens is 416 g/mol. The fourth-order valence-electron chi connectivity index (χ4n) is 5.52. The SMILES string of the molecule is C=C.C=C/C(C)=N\N(C)c1ccc2c(c1)-c1c(ccc3c1CCC3=O)CC2CCC(CC)CC. The predicted molar refractivity (Wildman–Crippen MR) is 147 cm³/mol. The highest BCUT2D eigenvalue weighted by Crippen LogP contribution is 2.47. The second-order valence-electron chi connectivity index (χ2n) is 9.45. The normalized spacial score (nSPS) is 16.3. The molecule has 0 radical (unpaired) electrons. The van der Waals surface area contributed by atoms with Gasteiger partial charge in [0.05, 0.1) is 11.4 Å². The van der Waals surface area contributed by atoms with Crippen LogP contribution in [-0.4, -0.2) is 18.5 Å². The number of carbonyl (C=O) groups is 1. The van der Waals surface area contributed by atoms with Crippen molar-refractivity contribution in [3.05, 3.63) is 78.4 Å². The number of hydrazone groups is 1. The smallest absolute Gasteiger partial charge is 0.163 e. The molecule has 3 heteroatoms. The summed E-state index contributed by atoms with van der Waals surface area (Å²) in [5, 5.41) is 6.56. The van der Waals surface area contributed by atoms with E-state index in [0.717, 1.165) is 35.7 Å². The van der Waals surface area contributed by atoms with Crippen LogP contribution in [-0.2, 0) is 12.8 Å². The highest BCUT2D eigenvalue weighted by atomic mass is 16.1. The summed E-state index contributed by atoms with van der Waals surface area (Å²) in [5.41, 5.74) is 9.63. The van der Waals surface area contributed by atoms with Crippen LogP contribution in [0.4, 0.5) is 5.69 Å². The fraction of sp³-hybridized carbons (Fsp3) is 0.419. The number of benzene rings is 2. The third kappa shape index (κ3) is 5.09. The van der Waals surface area contributed by atoms with Crippen molar-refractivity contribution in [2.75, 3.05) is 12.1 Å². The average molecular weight is 457 g/mol. The molecule has 4 rings (SSSR count). The minimum atomic E-state index is 0.291. The average Bonchev–Trinajstić information content (AvgIpc) is 3.25. The number of hydrogen-bond acceptors (Lipinski definition) is 3. The number of ketones is 1. The molecule has 34 heavy (non-hydrogen) atoms. The molecule has 0 fully saturated rings. The quantitative estimate of drug-likeness (QED) is 0.228. The summed E-state index contributed by atoms with van der Waals surface area (Å²) < 4.78 is 0. The molecule has 2 aromatic rings. The van der Waals surface area contributed by atoms with Crippen molar-refractivity contribution in [1.82, 2.24) is 0 Å². The minimum absolute atomic E-state index is 0.291. The van der Waals surface area contributed by atoms with E-state index in [1.54, 1.807) is 6.08 Å². The molecule has 0 amide bonds. The van der Waals surface area contributed by atoms with Gasteiger partial charge in [-0.2, -0.15) is 5.10 Å². The maximum absolute atomic E-state index is 12.5. The van der Waals surface area contributed by atoms with Crippen molar-refractivity contribution in [3.8, 4) is 11.1 Å². The molecule has 0 heterocycles. The van der Waals surface area contributed by atoms with Gasteiger partial charge in [0, 0.05) is 19.0 Å². The van der Waals surface area contributed by atoms with Gasteiger partial charge in [0.15, 0.2) is 5.78 Å². The zero-order valence-corrected chi connectivity index (χ0v) is 21.5. The monoisotopic (exact) mass is 456 g/mol. The molecule has 0 saturated carbocycles. The van der Waals surface area contributed by atoms with Crippen molar-refractivity contribution in [3.63, 3.8) is 0 Å². The van der Waals surface area contributed by atoms with Gasteiger partial charge >= 0.3 is 0 Å². The Kier molecular flexibility index (Phi) is 8.66. The van der Waals surface area contributed by atoms with Crippen molar-refractivity contribution in [2.24, 2.45) is 11.0 Å². The minimum Gasteiger partial charge on any atom is -0.294 e. The highest BCUT2D eigenvalue weighted by Gasteiger charge is 2.31. The van der Waals surface area contributed by atoms with Crippen LogP contribution in [0.1, 0.15) is 85.8 Å². The van der Waals surface area contributed by atoms with Gasteiger partial charge in [-0.05, 0) is 90.5 Å². The van der Waals surface area contributed by atoms with E-state index in [-0.39, 0.29) is 0 Å². The number of fused-ring (bicyclic) bond motifs is 5. The molecule has 0 saturated heterocycles. The molecule has 0 aromatic heterocycles. The van der Waals surface area contributed by atoms with Crippen LogP contribution in [0.15, 0.2) is 61.2 Å². The summed E-state index contributed by atoms with van der Waals surface area (Å²) in [7, 11) is 1.99. The zero-order valence-electron chi connectivity index (χ0n) is 21.5. The van der Waals surface area contributed by atoms with Gasteiger partial charge in [-0.1, -0.05) is 51.5 Å². The first-order valence-corrected chi connectivity index (χ1v) is 12.7. The second kappa shape index (κ2) is 11.5. The van der Waals surface area contributed by atoms with Crippen molar-refractivity contribution >= 4 is 17.2 Å². The van der Waals surface area contributed by atoms with E-state index in [2.05, 4.69) is 69.0 Å². The summed E-state index contributed by atoms with van der Waals surface area (Å²) in [6.07, 6.45) is 9.37. The lowest BCUT2D eigenvalue weighted by molar-refractivity contribution is 0.0994. The fourth-order valence-corrected chi connectivity index (χ4v) is 5.52. The van der Waals surface area contributed by atoms with Crippen LogP contribution >= 0.6 is 0 Å². The van der Waals surface area contributed by atoms with Gasteiger partial charge in [-0.25, -0.2) is 0 Å². The Bertz CT molecular complexity index is 1080. The first kappa shape index (κ1) is 25.7. The molecule has 0 bridgehead atoms. The first-order valence-electron chi connectivity index (χ1n) is 12.7. The Morgan fingerprint density at radius 2 is 1.88 bits per heavy atom. The number of allylic oxidation sites excluding steroid dienone is 1. The van der Waals surface area contributed by atoms with E-state index in [9.17, 15) is 4.79 Å². The summed E-state index contributed by atoms with van der Waals surface area (Å²) in [6, 6.07) is 11.1. The molecule has 180 valence electrons. The number of Topliss-reactive ketones (excluding diaryl/α,β-unsaturated/α-hetero) is 1. The Morgan fingerprint density at radius 3 is 2.56 bits per heavy atom. The molecule has 1 unspecified atom stereocenters. The van der Waals surface area contributed by atoms with Gasteiger partial charge in [0.1, 0.15) is 0 Å². The Hall–Kier alpha value is -2.94. The molecule has 0 aliphatic heterocycles. The van der Waals surface area contributed by atoms with Crippen molar-refractivity contribution < 1.29 is 4.79 Å². The Morgan fingerprint density at radius 1 is 1.15 bits per heavy atom. The lowest BCUT2D eigenvalue weighted by atomic mass is 9.74. The first-order chi connectivity index (χ1) is 16.5. The van der Waals surface area contributed by atoms with Gasteiger partial charge in [0.2, 0.25) is 0 Å². The molecule has 2 aromatic carbocycles. The number of rotatable bonds is 8. The van der Waals surface area contributed by atoms with Gasteiger partial charge in [0.25, 0.3) is 0 Å². The van der Waals surface area contributed by atoms with Crippen molar-refractivity contribution in [2.45, 2.75) is 71.6 Å². The van der Waals surface area contributed by atoms with Crippen LogP contribution < -0.4 is 5.01 Å². The summed E-state index contributed by atoms with van der Waals surface area (Å²) >= 11 is 0. The van der Waals surface area contributed by atoms with Gasteiger partial charge in [-0.15, -0.1) is 13.2 Å². The molecule has 2 aliphatic carbocycles. The summed E-state index contributed by atoms with van der Waals surface area (Å²) in [6.45, 7) is 16.4. The summed E-state index contributed by atoms with van der Waals surface area (Å²) in [5.74, 6) is 1.63. The number of carbonyl (C=O) groups excluding carboxylic acids is 1. The Balaban J connectivity index is 0.00000158. The van der Waals surface area contributed by atoms with Crippen LogP contribution in [0.25, 0.3) is 11.1 Å². The largest absolute Gasteiger partial charge is 0.294 e. The van der Waals surface area contributed by atoms with E-state index in [4.69, 9.17) is 0 Å². The lowest BCUT2D eigenvalue weighted by Crippen LogP contribution is -2.16. The van der Waals surface area contributed by atoms with Gasteiger partial charge < -0.3 is 0 Å². The number of nitrogens with zero attached hydrogens (tertiary/aromatic N) is 2. The standard InChI is InChI=1S/C29H36N2O.C2H4/c1-6-19(4)30-31(5)23-12-14-24-21(10-9-20(7-2)8-3)17-22-11-13-25-26(15-16-28(25)32)29(22)27(24)18-23;1-2/h6,11-14,18,20-21H,1,7-10,15-17H2,2-5H3;1-2H2/b30-19-;. The zero-order chi connectivity index (χ0) is 24.8. The van der Waals surface area contributed by atoms with E-state index >= 15 is 0 Å². The predicted octanol–water partition coefficient (Wildman–Crippen LogP) is 8.14. The second-order valence-corrected chi connectivity index (χ2v) is 9.45. The maximum atomic E-state index is 12.5. The third-order valence-electron chi connectivity index (χ3n) is 7.57. The lowest BCUT2D eigenvalue weighted by Gasteiger charge is -2.31. The molecule has 1 atom stereocenters. The van der Waals surface area contributed by atoms with Gasteiger partial charge in [-0.3, -0.25) is 9.80 Å². The van der Waals surface area contributed by atoms with E-state index in [1.807, 2.05) is 19.0 Å². The summed E-state index contributed by atoms with van der Waals surface area (Å²) in [4.78, 5) is 12.5. The molecular formula is C31H40N2O. The van der Waals surface area contributed by atoms with Crippen LogP contribution in [0, 0.1) is 5.92 Å². The van der Waals surface area contributed by atoms with Crippen LogP contribution in [0.2, 0.25) is 0 Å². The topological polar surface area (TPSA) is 32.7 Å². The Labute approximate surface area is 206 Å². The van der Waals surface area contributed by atoms with Crippen LogP contribution in [0.3, 0.4) is 0 Å².